The highest BCUT2D eigenvalue weighted by atomic mass is 35.5. The summed E-state index contributed by atoms with van der Waals surface area (Å²) in [6, 6.07) is 13.0. The second kappa shape index (κ2) is 9.44. The molecule has 5 nitrogen and oxygen atoms in total. The van der Waals surface area contributed by atoms with E-state index in [1.807, 2.05) is 0 Å². The van der Waals surface area contributed by atoms with Gasteiger partial charge in [0.25, 0.3) is 5.91 Å². The van der Waals surface area contributed by atoms with Crippen LogP contribution in [-0.2, 0) is 4.79 Å². The molecule has 3 aromatic carbocycles. The number of nitrogens with one attached hydrogen (secondary N) is 2. The largest absolute Gasteiger partial charge is 0.399 e. The summed E-state index contributed by atoms with van der Waals surface area (Å²) < 4.78 is 12.7. The Morgan fingerprint density at radius 2 is 1.59 bits per heavy atom. The first-order valence-corrected chi connectivity index (χ1v) is 11.7. The molecule has 0 aromatic heterocycles. The number of amides is 2. The lowest BCUT2D eigenvalue weighted by Crippen LogP contribution is -2.18. The zero-order valence-corrected chi connectivity index (χ0v) is 20.8. The number of nitrogen functional groups attached to an aromatic ring is 1. The Hall–Kier alpha value is -2.22. The Morgan fingerprint density at radius 3 is 2.24 bits per heavy atom. The summed E-state index contributed by atoms with van der Waals surface area (Å²) in [6.45, 7) is 0. The quantitative estimate of drug-likeness (QED) is 0.229. The van der Waals surface area contributed by atoms with Gasteiger partial charge in [-0.1, -0.05) is 34.8 Å². The van der Waals surface area contributed by atoms with E-state index in [-0.39, 0.29) is 27.6 Å². The fraction of sp³-hybridized carbons (Fsp3) is 0.130. The van der Waals surface area contributed by atoms with Crippen LogP contribution in [0.2, 0.25) is 15.1 Å². The maximum absolute atomic E-state index is 14.0. The van der Waals surface area contributed by atoms with Crippen molar-refractivity contribution in [3.05, 3.63) is 86.6 Å². The van der Waals surface area contributed by atoms with E-state index in [2.05, 4.69) is 10.6 Å². The molecule has 1 saturated carbocycles. The average Bonchev–Trinajstić information content (AvgIpc) is 3.33. The maximum Gasteiger partial charge on any atom is 0.257 e. The molecule has 1 aliphatic rings. The van der Waals surface area contributed by atoms with Gasteiger partial charge in [0.1, 0.15) is 10.2 Å². The number of alkyl halides is 2. The molecule has 1 fully saturated rings. The van der Waals surface area contributed by atoms with E-state index in [1.165, 1.54) is 30.3 Å². The fourth-order valence-electron chi connectivity index (χ4n) is 3.64. The minimum atomic E-state index is -1.36. The Labute approximate surface area is 219 Å². The lowest BCUT2D eigenvalue weighted by molar-refractivity contribution is -0.117. The molecule has 0 bridgehead atoms. The van der Waals surface area contributed by atoms with Crippen molar-refractivity contribution in [2.45, 2.75) is 10.3 Å². The number of anilines is 3. The Bertz CT molecular complexity index is 1300. The van der Waals surface area contributed by atoms with Crippen LogP contribution in [-0.4, -0.2) is 16.1 Å². The van der Waals surface area contributed by atoms with E-state index >= 15 is 0 Å². The van der Waals surface area contributed by atoms with Gasteiger partial charge in [-0.05, 0) is 60.2 Å². The first-order chi connectivity index (χ1) is 16.0. The number of nitrogens with two attached hydrogens (primary N) is 1. The van der Waals surface area contributed by atoms with Gasteiger partial charge in [-0.25, -0.2) is 4.39 Å². The number of hydrogen-bond acceptors (Lipinski definition) is 3. The molecule has 11 heteroatoms. The minimum absolute atomic E-state index is 0.0210. The van der Waals surface area contributed by atoms with Crippen LogP contribution >= 0.6 is 58.0 Å². The van der Waals surface area contributed by atoms with Gasteiger partial charge in [-0.3, -0.25) is 9.59 Å². The third kappa shape index (κ3) is 5.07. The van der Waals surface area contributed by atoms with E-state index in [0.29, 0.717) is 15.6 Å². The summed E-state index contributed by atoms with van der Waals surface area (Å²) in [4.78, 5) is 25.6. The minimum Gasteiger partial charge on any atom is -0.399 e. The molecule has 0 unspecified atom stereocenters. The highest BCUT2D eigenvalue weighted by Gasteiger charge is 2.67. The van der Waals surface area contributed by atoms with Crippen LogP contribution in [0.25, 0.3) is 0 Å². The summed E-state index contributed by atoms with van der Waals surface area (Å²) in [5, 5.41) is 6.01. The Balaban J connectivity index is 1.52. The second-order valence-electron chi connectivity index (χ2n) is 7.71. The predicted octanol–water partition coefficient (Wildman–Crippen LogP) is 7.15. The number of rotatable bonds is 5. The van der Waals surface area contributed by atoms with Crippen LogP contribution in [0.5, 0.6) is 0 Å². The first kappa shape index (κ1) is 24.9. The van der Waals surface area contributed by atoms with Gasteiger partial charge in [0.15, 0.2) is 0 Å². The van der Waals surface area contributed by atoms with Crippen LogP contribution < -0.4 is 16.4 Å². The molecule has 1 aliphatic carbocycles. The van der Waals surface area contributed by atoms with Crippen LogP contribution in [0.15, 0.2) is 54.6 Å². The number of carbonyl (C=O) groups is 2. The Morgan fingerprint density at radius 1 is 0.912 bits per heavy atom. The molecule has 0 heterocycles. The number of carbonyl (C=O) groups excluding carboxylic acids is 2. The fourth-order valence-corrected chi connectivity index (χ4v) is 5.22. The van der Waals surface area contributed by atoms with Gasteiger partial charge in [-0.2, -0.15) is 0 Å². The molecule has 34 heavy (non-hydrogen) atoms. The van der Waals surface area contributed by atoms with Gasteiger partial charge in [-0.15, -0.1) is 23.2 Å². The normalized spacial score (nSPS) is 18.3. The summed E-state index contributed by atoms with van der Waals surface area (Å²) in [5.74, 6) is -3.16. The van der Waals surface area contributed by atoms with Crippen LogP contribution in [0.4, 0.5) is 21.5 Å². The van der Waals surface area contributed by atoms with E-state index in [4.69, 9.17) is 63.7 Å². The highest BCUT2D eigenvalue weighted by Crippen LogP contribution is 2.65. The lowest BCUT2D eigenvalue weighted by atomic mass is 10.1. The summed E-state index contributed by atoms with van der Waals surface area (Å²) >= 11 is 31.0. The second-order valence-corrected chi connectivity index (χ2v) is 10.4. The average molecular weight is 562 g/mol. The molecular weight excluding hydrogens is 547 g/mol. The Kier molecular flexibility index (Phi) is 6.91. The molecule has 0 radical (unpaired) electrons. The predicted molar refractivity (Wildman–Crippen MR) is 136 cm³/mol. The van der Waals surface area contributed by atoms with Crippen LogP contribution in [0, 0.1) is 11.7 Å². The van der Waals surface area contributed by atoms with Crippen molar-refractivity contribution in [2.24, 2.45) is 5.92 Å². The van der Waals surface area contributed by atoms with Crippen molar-refractivity contribution in [3.8, 4) is 0 Å². The van der Waals surface area contributed by atoms with Gasteiger partial charge < -0.3 is 16.4 Å². The summed E-state index contributed by atoms with van der Waals surface area (Å²) in [6.07, 6.45) is 0. The van der Waals surface area contributed by atoms with Crippen LogP contribution in [0.3, 0.4) is 0 Å². The number of hydrogen-bond donors (Lipinski definition) is 3. The smallest absolute Gasteiger partial charge is 0.257 e. The van der Waals surface area contributed by atoms with Gasteiger partial charge in [0.05, 0.1) is 22.2 Å². The van der Waals surface area contributed by atoms with Gasteiger partial charge >= 0.3 is 0 Å². The lowest BCUT2D eigenvalue weighted by Gasteiger charge is -2.11. The molecule has 176 valence electrons. The molecule has 4 N–H and O–H groups in total. The van der Waals surface area contributed by atoms with Crippen LogP contribution in [0.1, 0.15) is 21.8 Å². The summed E-state index contributed by atoms with van der Waals surface area (Å²) in [5.41, 5.74) is 6.59. The third-order valence-corrected chi connectivity index (χ3v) is 7.01. The van der Waals surface area contributed by atoms with E-state index < -0.39 is 33.8 Å². The molecule has 2 amide bonds. The molecule has 4 rings (SSSR count). The van der Waals surface area contributed by atoms with Crippen molar-refractivity contribution < 1.29 is 14.0 Å². The molecule has 0 spiro atoms. The maximum atomic E-state index is 14.0. The molecule has 0 saturated heterocycles. The van der Waals surface area contributed by atoms with Gasteiger partial charge in [0, 0.05) is 27.3 Å². The monoisotopic (exact) mass is 559 g/mol. The number of benzene rings is 3. The molecular formula is C23H15Cl5FN3O2. The van der Waals surface area contributed by atoms with E-state index in [1.54, 1.807) is 18.2 Å². The molecule has 2 atom stereocenters. The standard InChI is InChI=1S/C23H15Cl5FN3O2/c24-11-5-10(6-12(25)7-11)19-20(23(19,27)28)22(34)31-14-2-3-16(26)15(9-14)21(33)32-18-4-1-13(30)8-17(18)29/h1-9,19-20H,30H2,(H,31,34)(H,32,33)/t19-,20+/m1/s1. The van der Waals surface area contributed by atoms with Crippen molar-refractivity contribution >= 4 is 86.9 Å². The SMILES string of the molecule is Nc1ccc(NC(=O)c2cc(NC(=O)[C@@H]3[C@@H](c4cc(Cl)cc(Cl)c4)C3(Cl)Cl)ccc2Cl)c(F)c1. The molecule has 3 aromatic rings. The highest BCUT2D eigenvalue weighted by molar-refractivity contribution is 6.53. The number of halogens is 6. The van der Waals surface area contributed by atoms with Crippen molar-refractivity contribution in [3.63, 3.8) is 0 Å². The zero-order valence-electron chi connectivity index (χ0n) is 17.0. The van der Waals surface area contributed by atoms with Gasteiger partial charge in [0.2, 0.25) is 5.91 Å². The zero-order chi connectivity index (χ0) is 24.8. The van der Waals surface area contributed by atoms with Crippen molar-refractivity contribution in [2.75, 3.05) is 16.4 Å². The van der Waals surface area contributed by atoms with Crippen molar-refractivity contribution in [1.82, 2.24) is 0 Å². The third-order valence-electron chi connectivity index (χ3n) is 5.30. The topological polar surface area (TPSA) is 84.2 Å². The first-order valence-electron chi connectivity index (χ1n) is 9.78. The van der Waals surface area contributed by atoms with E-state index in [9.17, 15) is 14.0 Å². The molecule has 0 aliphatic heterocycles. The van der Waals surface area contributed by atoms with E-state index in [0.717, 1.165) is 6.07 Å². The van der Waals surface area contributed by atoms with Crippen molar-refractivity contribution in [1.29, 1.82) is 0 Å². The summed E-state index contributed by atoms with van der Waals surface area (Å²) in [7, 11) is 0.